The smallest absolute Gasteiger partial charge is 0.139 e. The van der Waals surface area contributed by atoms with Crippen LogP contribution in [0.5, 0.6) is 0 Å². The molecule has 0 atom stereocenters. The molecule has 2 aromatic rings. The minimum Gasteiger partial charge on any atom is -0.383 e. The monoisotopic (exact) mass is 282 g/mol. The summed E-state index contributed by atoms with van der Waals surface area (Å²) in [5.41, 5.74) is 11.1. The molecule has 1 heterocycles. The number of anilines is 3. The number of rotatable bonds is 4. The number of nitrogen functional groups attached to an aromatic ring is 1. The van der Waals surface area contributed by atoms with Crippen molar-refractivity contribution in [1.29, 1.82) is 0 Å². The lowest BCUT2D eigenvalue weighted by atomic mass is 9.90. The predicted octanol–water partition coefficient (Wildman–Crippen LogP) is 3.63. The van der Waals surface area contributed by atoms with Gasteiger partial charge in [-0.2, -0.15) is 0 Å². The van der Waals surface area contributed by atoms with Gasteiger partial charge in [-0.25, -0.2) is 9.97 Å². The Morgan fingerprint density at radius 3 is 2.90 bits per heavy atom. The normalized spacial score (nSPS) is 13.8. The summed E-state index contributed by atoms with van der Waals surface area (Å²) in [6.07, 6.45) is 8.33. The number of aryl methyl sites for hydroxylation is 1. The third-order valence-corrected chi connectivity index (χ3v) is 4.13. The van der Waals surface area contributed by atoms with Gasteiger partial charge in [-0.1, -0.05) is 25.5 Å². The van der Waals surface area contributed by atoms with Crippen LogP contribution in [-0.2, 0) is 19.3 Å². The lowest BCUT2D eigenvalue weighted by molar-refractivity contribution is 0.687. The Morgan fingerprint density at radius 1 is 1.19 bits per heavy atom. The summed E-state index contributed by atoms with van der Waals surface area (Å²) in [4.78, 5) is 8.51. The molecule has 4 heteroatoms. The molecular formula is C17H22N4. The molecule has 0 saturated heterocycles. The number of hydrogen-bond acceptors (Lipinski definition) is 4. The van der Waals surface area contributed by atoms with Crippen molar-refractivity contribution < 1.29 is 0 Å². The Balaban J connectivity index is 1.96. The van der Waals surface area contributed by atoms with Crippen molar-refractivity contribution in [3.05, 3.63) is 41.2 Å². The summed E-state index contributed by atoms with van der Waals surface area (Å²) in [5.74, 6) is 1.43. The van der Waals surface area contributed by atoms with Crippen LogP contribution in [-0.4, -0.2) is 9.97 Å². The SMILES string of the molecule is CCCc1c(N)ncnc1Nc1cccc2c1CCCC2. The van der Waals surface area contributed by atoms with E-state index in [1.54, 1.807) is 0 Å². The van der Waals surface area contributed by atoms with E-state index >= 15 is 0 Å². The lowest BCUT2D eigenvalue weighted by Gasteiger charge is -2.20. The molecule has 0 amide bonds. The Kier molecular flexibility index (Phi) is 4.04. The second kappa shape index (κ2) is 6.12. The van der Waals surface area contributed by atoms with Gasteiger partial charge in [0.1, 0.15) is 18.0 Å². The zero-order chi connectivity index (χ0) is 14.7. The number of nitrogens with one attached hydrogen (secondary N) is 1. The number of benzene rings is 1. The third-order valence-electron chi connectivity index (χ3n) is 4.13. The highest BCUT2D eigenvalue weighted by Crippen LogP contribution is 2.31. The van der Waals surface area contributed by atoms with E-state index < -0.39 is 0 Å². The maximum atomic E-state index is 6.01. The van der Waals surface area contributed by atoms with E-state index in [0.717, 1.165) is 30.6 Å². The molecular weight excluding hydrogens is 260 g/mol. The van der Waals surface area contributed by atoms with Gasteiger partial charge in [0, 0.05) is 11.3 Å². The molecule has 0 spiro atoms. The first-order valence-corrected chi connectivity index (χ1v) is 7.76. The summed E-state index contributed by atoms with van der Waals surface area (Å²) in [6, 6.07) is 6.50. The molecule has 0 saturated carbocycles. The standard InChI is InChI=1S/C17H22N4/c1-2-6-14-16(18)19-11-20-17(14)21-15-10-5-8-12-7-3-4-9-13(12)15/h5,8,10-11H,2-4,6-7,9H2,1H3,(H3,18,19,20,21). The molecule has 0 aliphatic heterocycles. The predicted molar refractivity (Wildman–Crippen MR) is 86.8 cm³/mol. The lowest BCUT2D eigenvalue weighted by Crippen LogP contribution is -2.09. The average molecular weight is 282 g/mol. The zero-order valence-electron chi connectivity index (χ0n) is 12.5. The molecule has 0 bridgehead atoms. The van der Waals surface area contributed by atoms with Gasteiger partial charge < -0.3 is 11.1 Å². The van der Waals surface area contributed by atoms with Gasteiger partial charge in [0.15, 0.2) is 0 Å². The van der Waals surface area contributed by atoms with E-state index in [1.165, 1.54) is 42.4 Å². The second-order valence-corrected chi connectivity index (χ2v) is 5.61. The Hall–Kier alpha value is -2.10. The van der Waals surface area contributed by atoms with Crippen molar-refractivity contribution in [2.45, 2.75) is 45.4 Å². The Morgan fingerprint density at radius 2 is 2.05 bits per heavy atom. The summed E-state index contributed by atoms with van der Waals surface area (Å²) in [5, 5.41) is 3.50. The molecule has 1 aliphatic rings. The van der Waals surface area contributed by atoms with Crippen molar-refractivity contribution >= 4 is 17.3 Å². The Bertz CT molecular complexity index is 637. The van der Waals surface area contributed by atoms with Gasteiger partial charge in [-0.05, 0) is 49.3 Å². The van der Waals surface area contributed by atoms with Gasteiger partial charge in [-0.15, -0.1) is 0 Å². The van der Waals surface area contributed by atoms with Crippen LogP contribution in [0.15, 0.2) is 24.5 Å². The molecule has 21 heavy (non-hydrogen) atoms. The van der Waals surface area contributed by atoms with Crippen LogP contribution in [0.4, 0.5) is 17.3 Å². The first-order chi connectivity index (χ1) is 10.3. The van der Waals surface area contributed by atoms with Crippen LogP contribution in [0.2, 0.25) is 0 Å². The third kappa shape index (κ3) is 2.84. The van der Waals surface area contributed by atoms with Crippen molar-refractivity contribution in [2.24, 2.45) is 0 Å². The van der Waals surface area contributed by atoms with E-state index in [-0.39, 0.29) is 0 Å². The maximum Gasteiger partial charge on any atom is 0.139 e. The molecule has 0 radical (unpaired) electrons. The summed E-state index contributed by atoms with van der Waals surface area (Å²) < 4.78 is 0. The molecule has 4 nitrogen and oxygen atoms in total. The van der Waals surface area contributed by atoms with Crippen LogP contribution < -0.4 is 11.1 Å². The molecule has 0 unspecified atom stereocenters. The van der Waals surface area contributed by atoms with Gasteiger partial charge in [0.05, 0.1) is 0 Å². The van der Waals surface area contributed by atoms with Gasteiger partial charge in [-0.3, -0.25) is 0 Å². The fourth-order valence-electron chi connectivity index (χ4n) is 3.06. The van der Waals surface area contributed by atoms with Gasteiger partial charge in [0.25, 0.3) is 0 Å². The van der Waals surface area contributed by atoms with Gasteiger partial charge in [0.2, 0.25) is 0 Å². The molecule has 110 valence electrons. The van der Waals surface area contributed by atoms with Crippen LogP contribution in [0.25, 0.3) is 0 Å². The number of nitrogens with two attached hydrogens (primary N) is 1. The van der Waals surface area contributed by atoms with Crippen LogP contribution in [0, 0.1) is 0 Å². The molecule has 1 aromatic heterocycles. The largest absolute Gasteiger partial charge is 0.383 e. The molecule has 3 N–H and O–H groups in total. The first kappa shape index (κ1) is 13.9. The summed E-state index contributed by atoms with van der Waals surface area (Å²) in [7, 11) is 0. The van der Waals surface area contributed by atoms with E-state index in [9.17, 15) is 0 Å². The van der Waals surface area contributed by atoms with Crippen molar-refractivity contribution in [3.8, 4) is 0 Å². The van der Waals surface area contributed by atoms with E-state index in [1.807, 2.05) is 0 Å². The quantitative estimate of drug-likeness (QED) is 0.898. The number of nitrogens with zero attached hydrogens (tertiary/aromatic N) is 2. The fourth-order valence-corrected chi connectivity index (χ4v) is 3.06. The van der Waals surface area contributed by atoms with Crippen LogP contribution in [0.3, 0.4) is 0 Å². The molecule has 1 aliphatic carbocycles. The molecule has 0 fully saturated rings. The number of fused-ring (bicyclic) bond motifs is 1. The number of hydrogen-bond donors (Lipinski definition) is 2. The van der Waals surface area contributed by atoms with Gasteiger partial charge >= 0.3 is 0 Å². The minimum absolute atomic E-state index is 0.583. The van der Waals surface area contributed by atoms with Crippen molar-refractivity contribution in [3.63, 3.8) is 0 Å². The maximum absolute atomic E-state index is 6.01. The molecule has 1 aromatic carbocycles. The summed E-state index contributed by atoms with van der Waals surface area (Å²) >= 11 is 0. The minimum atomic E-state index is 0.583. The first-order valence-electron chi connectivity index (χ1n) is 7.76. The highest BCUT2D eigenvalue weighted by atomic mass is 15.0. The summed E-state index contributed by atoms with van der Waals surface area (Å²) in [6.45, 7) is 2.14. The van der Waals surface area contributed by atoms with E-state index in [2.05, 4.69) is 40.4 Å². The van der Waals surface area contributed by atoms with Crippen molar-refractivity contribution in [1.82, 2.24) is 9.97 Å². The second-order valence-electron chi connectivity index (χ2n) is 5.61. The topological polar surface area (TPSA) is 63.8 Å². The van der Waals surface area contributed by atoms with E-state index in [4.69, 9.17) is 5.73 Å². The number of aromatic nitrogens is 2. The van der Waals surface area contributed by atoms with E-state index in [0.29, 0.717) is 5.82 Å². The van der Waals surface area contributed by atoms with Crippen molar-refractivity contribution in [2.75, 3.05) is 11.1 Å². The average Bonchev–Trinajstić information content (AvgIpc) is 2.51. The molecule has 3 rings (SSSR count). The highest BCUT2D eigenvalue weighted by Gasteiger charge is 2.15. The zero-order valence-corrected chi connectivity index (χ0v) is 12.5. The highest BCUT2D eigenvalue weighted by molar-refractivity contribution is 5.67. The van der Waals surface area contributed by atoms with Crippen LogP contribution >= 0.6 is 0 Å². The fraction of sp³-hybridized carbons (Fsp3) is 0.412. The van der Waals surface area contributed by atoms with Crippen LogP contribution in [0.1, 0.15) is 42.9 Å². The Labute approximate surface area is 125 Å².